The lowest BCUT2D eigenvalue weighted by Crippen LogP contribution is -2.25. The van der Waals surface area contributed by atoms with Crippen molar-refractivity contribution in [1.82, 2.24) is 4.67 Å². The lowest BCUT2D eigenvalue weighted by Gasteiger charge is -2.14. The van der Waals surface area contributed by atoms with Crippen molar-refractivity contribution in [1.29, 1.82) is 0 Å². The highest BCUT2D eigenvalue weighted by atomic mass is 32.2. The van der Waals surface area contributed by atoms with Crippen LogP contribution in [0.3, 0.4) is 0 Å². The number of hydrogen-bond donors (Lipinski definition) is 0. The van der Waals surface area contributed by atoms with Crippen molar-refractivity contribution in [3.63, 3.8) is 0 Å². The molecular weight excluding hydrogens is 290 g/mol. The molecule has 0 aromatic carbocycles. The van der Waals surface area contributed by atoms with E-state index in [4.69, 9.17) is 0 Å². The average Bonchev–Trinajstić information content (AvgIpc) is 2.25. The van der Waals surface area contributed by atoms with E-state index in [-0.39, 0.29) is 12.2 Å². The second-order valence-corrected chi connectivity index (χ2v) is 5.39. The summed E-state index contributed by atoms with van der Waals surface area (Å²) in [5.41, 5.74) is -5.39. The van der Waals surface area contributed by atoms with Gasteiger partial charge < -0.3 is 4.18 Å². The molecule has 18 heavy (non-hydrogen) atoms. The summed E-state index contributed by atoms with van der Waals surface area (Å²) in [6, 6.07) is 0. The van der Waals surface area contributed by atoms with Crippen LogP contribution >= 0.6 is 9.39 Å². The van der Waals surface area contributed by atoms with Crippen LogP contribution in [0.2, 0.25) is 0 Å². The summed E-state index contributed by atoms with van der Waals surface area (Å²) in [5, 5.41) is 0. The quantitative estimate of drug-likeness (QED) is 0.339. The molecule has 0 heterocycles. The number of halogens is 3. The third-order valence-electron chi connectivity index (χ3n) is 1.53. The molecular formula is C9H19F3NO3PS. The molecule has 0 fully saturated rings. The molecule has 0 aromatic rings. The molecule has 0 radical (unpaired) electrons. The summed E-state index contributed by atoms with van der Waals surface area (Å²) < 4.78 is 62.8. The molecule has 0 bridgehead atoms. The van der Waals surface area contributed by atoms with Crippen LogP contribution in [-0.2, 0) is 14.3 Å². The molecule has 0 aliphatic rings. The van der Waals surface area contributed by atoms with Crippen LogP contribution < -0.4 is 0 Å². The molecule has 0 saturated heterocycles. The Morgan fingerprint density at radius 2 is 1.83 bits per heavy atom. The Morgan fingerprint density at radius 3 is 2.11 bits per heavy atom. The fourth-order valence-electron chi connectivity index (χ4n) is 0.709. The summed E-state index contributed by atoms with van der Waals surface area (Å²) in [4.78, 5) is 0. The van der Waals surface area contributed by atoms with Crippen LogP contribution in [0.4, 0.5) is 13.2 Å². The topological polar surface area (TPSA) is 46.6 Å². The first kappa shape index (κ1) is 20.0. The van der Waals surface area contributed by atoms with Gasteiger partial charge in [-0.15, -0.1) is 0 Å². The number of rotatable bonds is 5. The van der Waals surface area contributed by atoms with E-state index in [1.54, 1.807) is 11.7 Å². The molecule has 0 rings (SSSR count). The minimum atomic E-state index is -5.55. The highest BCUT2D eigenvalue weighted by molar-refractivity contribution is 7.87. The van der Waals surface area contributed by atoms with Gasteiger partial charge in [-0.3, -0.25) is 4.67 Å². The maximum Gasteiger partial charge on any atom is 0.534 e. The predicted octanol–water partition coefficient (Wildman–Crippen LogP) is 2.89. The molecule has 0 N–H and O–H groups in total. The Morgan fingerprint density at radius 1 is 1.39 bits per heavy atom. The maximum absolute atomic E-state index is 12.0. The van der Waals surface area contributed by atoms with Crippen molar-refractivity contribution in [2.24, 2.45) is 0 Å². The third-order valence-corrected chi connectivity index (χ3v) is 2.79. The van der Waals surface area contributed by atoms with E-state index in [9.17, 15) is 21.6 Å². The van der Waals surface area contributed by atoms with E-state index in [1.165, 1.54) is 13.0 Å². The highest BCUT2D eigenvalue weighted by Gasteiger charge is 2.48. The Hall–Kier alpha value is -0.330. The number of hydrogen-bond acceptors (Lipinski definition) is 4. The zero-order valence-corrected chi connectivity index (χ0v) is 12.8. The fourth-order valence-corrected chi connectivity index (χ4v) is 1.39. The Bertz CT molecular complexity index is 353. The summed E-state index contributed by atoms with van der Waals surface area (Å²) >= 11 is 0. The Balaban J connectivity index is 0. The molecule has 0 aliphatic heterocycles. The van der Waals surface area contributed by atoms with E-state index < -0.39 is 15.6 Å². The predicted molar refractivity (Wildman–Crippen MR) is 68.1 cm³/mol. The normalized spacial score (nSPS) is 13.1. The maximum atomic E-state index is 12.0. The van der Waals surface area contributed by atoms with Gasteiger partial charge in [-0.2, -0.15) is 21.6 Å². The number of alkyl halides is 3. The van der Waals surface area contributed by atoms with Crippen LogP contribution in [0.1, 0.15) is 27.2 Å². The Kier molecular flexibility index (Phi) is 9.68. The van der Waals surface area contributed by atoms with Crippen LogP contribution in [0.15, 0.2) is 11.8 Å². The number of allylic oxidation sites excluding steroid dienone is 1. The minimum Gasteiger partial charge on any atom is -0.381 e. The van der Waals surface area contributed by atoms with Gasteiger partial charge in [-0.25, -0.2) is 0 Å². The second kappa shape index (κ2) is 8.72. The van der Waals surface area contributed by atoms with Crippen molar-refractivity contribution in [3.05, 3.63) is 11.8 Å². The largest absolute Gasteiger partial charge is 0.534 e. The number of nitrogens with zero attached hydrogens (tertiary/aromatic N) is 1. The standard InChI is InChI=1S/C7H13F3NO3PS.C2H6/c1-3-6(4-5-11(2)15)14-16(12,13)7(8,9)10;1-2/h3H,4-5,15H2,1-2H3;1-2H3/b6-3+;. The summed E-state index contributed by atoms with van der Waals surface area (Å²) in [6.07, 6.45) is 1.27. The first-order valence-corrected chi connectivity index (χ1v) is 7.14. The van der Waals surface area contributed by atoms with Gasteiger partial charge in [-0.05, 0) is 20.0 Å². The van der Waals surface area contributed by atoms with Gasteiger partial charge in [-0.1, -0.05) is 23.2 Å². The van der Waals surface area contributed by atoms with Crippen molar-refractivity contribution < 1.29 is 25.8 Å². The third kappa shape index (κ3) is 7.89. The SMILES string of the molecule is C/C=C(\CCN(C)P)OS(=O)(=O)C(F)(F)F.CC. The van der Waals surface area contributed by atoms with E-state index in [1.807, 2.05) is 13.8 Å². The van der Waals surface area contributed by atoms with Crippen LogP contribution in [0, 0.1) is 0 Å². The van der Waals surface area contributed by atoms with E-state index in [0.29, 0.717) is 6.54 Å². The zero-order chi connectivity index (χ0) is 15.0. The molecule has 110 valence electrons. The first-order valence-electron chi connectivity index (χ1n) is 5.22. The molecule has 1 unspecified atom stereocenters. The van der Waals surface area contributed by atoms with Gasteiger partial charge >= 0.3 is 15.6 Å². The molecule has 1 atom stereocenters. The first-order chi connectivity index (χ1) is 8.10. The van der Waals surface area contributed by atoms with Crippen molar-refractivity contribution in [2.75, 3.05) is 13.6 Å². The molecule has 0 amide bonds. The smallest absolute Gasteiger partial charge is 0.381 e. The molecule has 0 spiro atoms. The highest BCUT2D eigenvalue weighted by Crippen LogP contribution is 2.27. The van der Waals surface area contributed by atoms with Crippen molar-refractivity contribution in [3.8, 4) is 0 Å². The molecule has 0 aliphatic carbocycles. The zero-order valence-electron chi connectivity index (χ0n) is 10.8. The monoisotopic (exact) mass is 309 g/mol. The van der Waals surface area contributed by atoms with Gasteiger partial charge in [0.15, 0.2) is 0 Å². The molecule has 0 aromatic heterocycles. The molecule has 9 heteroatoms. The average molecular weight is 309 g/mol. The van der Waals surface area contributed by atoms with Gasteiger partial charge in [0.05, 0.1) is 0 Å². The van der Waals surface area contributed by atoms with Crippen LogP contribution in [-0.4, -0.2) is 32.2 Å². The van der Waals surface area contributed by atoms with Crippen molar-refractivity contribution in [2.45, 2.75) is 32.7 Å². The summed E-state index contributed by atoms with van der Waals surface area (Å²) in [5.74, 6) is -0.230. The van der Waals surface area contributed by atoms with Gasteiger partial charge in [0.2, 0.25) is 0 Å². The molecule has 0 saturated carbocycles. The lowest BCUT2D eigenvalue weighted by atomic mass is 10.3. The van der Waals surface area contributed by atoms with Gasteiger partial charge in [0, 0.05) is 13.0 Å². The summed E-state index contributed by atoms with van der Waals surface area (Å²) in [7, 11) is -1.57. The summed E-state index contributed by atoms with van der Waals surface area (Å²) in [6.45, 7) is 5.77. The van der Waals surface area contributed by atoms with Crippen molar-refractivity contribution >= 4 is 19.5 Å². The van der Waals surface area contributed by atoms with Gasteiger partial charge in [0.1, 0.15) is 5.76 Å². The second-order valence-electron chi connectivity index (χ2n) is 2.97. The minimum absolute atomic E-state index is 0.0752. The van der Waals surface area contributed by atoms with Crippen LogP contribution in [0.25, 0.3) is 0 Å². The van der Waals surface area contributed by atoms with E-state index in [2.05, 4.69) is 13.6 Å². The van der Waals surface area contributed by atoms with E-state index >= 15 is 0 Å². The van der Waals surface area contributed by atoms with Crippen LogP contribution in [0.5, 0.6) is 0 Å². The lowest BCUT2D eigenvalue weighted by molar-refractivity contribution is -0.0523. The molecule has 4 nitrogen and oxygen atoms in total. The fraction of sp³-hybridized carbons (Fsp3) is 0.778. The van der Waals surface area contributed by atoms with E-state index in [0.717, 1.165) is 0 Å². The Labute approximate surface area is 109 Å². The van der Waals surface area contributed by atoms with Gasteiger partial charge in [0.25, 0.3) is 0 Å².